The van der Waals surface area contributed by atoms with Gasteiger partial charge in [0, 0.05) is 18.8 Å². The fourth-order valence-corrected chi connectivity index (χ4v) is 2.64. The van der Waals surface area contributed by atoms with E-state index < -0.39 is 5.97 Å². The van der Waals surface area contributed by atoms with Crippen molar-refractivity contribution in [3.8, 4) is 0 Å². The number of anilines is 1. The SMILES string of the molecule is O=C(O)c1ccc(N2C[C@H]3CC[C@@H](C2)O3)cc1. The Kier molecular flexibility index (Phi) is 2.52. The first kappa shape index (κ1) is 10.6. The van der Waals surface area contributed by atoms with Crippen LogP contribution in [0.2, 0.25) is 0 Å². The summed E-state index contributed by atoms with van der Waals surface area (Å²) in [7, 11) is 0. The van der Waals surface area contributed by atoms with E-state index in [-0.39, 0.29) is 0 Å². The predicted octanol–water partition coefficient (Wildman–Crippen LogP) is 1.75. The van der Waals surface area contributed by atoms with E-state index in [2.05, 4.69) is 4.90 Å². The van der Waals surface area contributed by atoms with Gasteiger partial charge in [0.15, 0.2) is 0 Å². The highest BCUT2D eigenvalue weighted by molar-refractivity contribution is 5.88. The maximum atomic E-state index is 10.8. The third kappa shape index (κ3) is 2.00. The van der Waals surface area contributed by atoms with Gasteiger partial charge in [0.2, 0.25) is 0 Å². The van der Waals surface area contributed by atoms with Crippen LogP contribution in [-0.4, -0.2) is 36.4 Å². The highest BCUT2D eigenvalue weighted by Crippen LogP contribution is 2.29. The predicted molar refractivity (Wildman–Crippen MR) is 63.5 cm³/mol. The molecule has 0 aromatic heterocycles. The molecule has 0 unspecified atom stereocenters. The van der Waals surface area contributed by atoms with Gasteiger partial charge in [-0.15, -0.1) is 0 Å². The van der Waals surface area contributed by atoms with Crippen molar-refractivity contribution < 1.29 is 14.6 Å². The summed E-state index contributed by atoms with van der Waals surface area (Å²) >= 11 is 0. The molecule has 3 rings (SSSR count). The van der Waals surface area contributed by atoms with E-state index in [1.807, 2.05) is 12.1 Å². The third-order valence-electron chi connectivity index (χ3n) is 3.52. The van der Waals surface area contributed by atoms with Crippen molar-refractivity contribution in [2.75, 3.05) is 18.0 Å². The van der Waals surface area contributed by atoms with Crippen molar-refractivity contribution in [3.63, 3.8) is 0 Å². The lowest BCUT2D eigenvalue weighted by Crippen LogP contribution is -2.42. The van der Waals surface area contributed by atoms with Crippen LogP contribution in [0.1, 0.15) is 23.2 Å². The molecule has 0 spiro atoms. The molecule has 1 N–H and O–H groups in total. The van der Waals surface area contributed by atoms with Gasteiger partial charge in [-0.25, -0.2) is 4.79 Å². The molecule has 90 valence electrons. The molecule has 2 fully saturated rings. The summed E-state index contributed by atoms with van der Waals surface area (Å²) in [5.41, 5.74) is 1.43. The van der Waals surface area contributed by atoms with Gasteiger partial charge in [-0.1, -0.05) is 0 Å². The Morgan fingerprint density at radius 1 is 1.18 bits per heavy atom. The van der Waals surface area contributed by atoms with Crippen LogP contribution in [0.4, 0.5) is 5.69 Å². The Morgan fingerprint density at radius 3 is 2.29 bits per heavy atom. The number of morpholine rings is 1. The number of ether oxygens (including phenoxy) is 1. The van der Waals surface area contributed by atoms with Gasteiger partial charge in [0.1, 0.15) is 0 Å². The molecule has 4 heteroatoms. The van der Waals surface area contributed by atoms with Crippen LogP contribution in [0.25, 0.3) is 0 Å². The number of rotatable bonds is 2. The maximum Gasteiger partial charge on any atom is 0.335 e. The Labute approximate surface area is 99.8 Å². The number of benzene rings is 1. The van der Waals surface area contributed by atoms with Crippen LogP contribution in [0, 0.1) is 0 Å². The van der Waals surface area contributed by atoms with Gasteiger partial charge in [-0.2, -0.15) is 0 Å². The number of fused-ring (bicyclic) bond motifs is 2. The lowest BCUT2D eigenvalue weighted by Gasteiger charge is -2.33. The molecule has 1 aromatic carbocycles. The lowest BCUT2D eigenvalue weighted by molar-refractivity contribution is 0.0305. The molecular weight excluding hydrogens is 218 g/mol. The van der Waals surface area contributed by atoms with Gasteiger partial charge in [0.05, 0.1) is 17.8 Å². The average Bonchev–Trinajstić information content (AvgIpc) is 2.68. The minimum Gasteiger partial charge on any atom is -0.478 e. The average molecular weight is 233 g/mol. The van der Waals surface area contributed by atoms with Crippen molar-refractivity contribution in [2.24, 2.45) is 0 Å². The molecular formula is C13H15NO3. The Hall–Kier alpha value is -1.55. The first-order chi connectivity index (χ1) is 8.22. The van der Waals surface area contributed by atoms with Crippen molar-refractivity contribution in [1.82, 2.24) is 0 Å². The summed E-state index contributed by atoms with van der Waals surface area (Å²) in [6.07, 6.45) is 3.00. The molecule has 0 aliphatic carbocycles. The number of aromatic carboxylic acids is 1. The summed E-state index contributed by atoms with van der Waals surface area (Å²) in [5, 5.41) is 8.85. The van der Waals surface area contributed by atoms with E-state index in [4.69, 9.17) is 9.84 Å². The molecule has 0 amide bonds. The molecule has 2 aliphatic heterocycles. The van der Waals surface area contributed by atoms with Gasteiger partial charge in [0.25, 0.3) is 0 Å². The third-order valence-corrected chi connectivity index (χ3v) is 3.52. The number of carboxylic acids is 1. The lowest BCUT2D eigenvalue weighted by atomic mass is 10.2. The van der Waals surface area contributed by atoms with Crippen molar-refractivity contribution >= 4 is 11.7 Å². The van der Waals surface area contributed by atoms with Crippen LogP contribution < -0.4 is 4.90 Å². The number of hydrogen-bond donors (Lipinski definition) is 1. The van der Waals surface area contributed by atoms with E-state index in [9.17, 15) is 4.79 Å². The number of carbonyl (C=O) groups is 1. The van der Waals surface area contributed by atoms with Crippen LogP contribution in [-0.2, 0) is 4.74 Å². The Bertz CT molecular complexity index is 417. The van der Waals surface area contributed by atoms with Crippen molar-refractivity contribution in [3.05, 3.63) is 29.8 Å². The van der Waals surface area contributed by atoms with Gasteiger partial charge in [-0.3, -0.25) is 0 Å². The zero-order valence-corrected chi connectivity index (χ0v) is 9.50. The zero-order valence-electron chi connectivity index (χ0n) is 9.50. The minimum absolute atomic E-state index is 0.338. The smallest absolute Gasteiger partial charge is 0.335 e. The number of carboxylic acid groups (broad SMARTS) is 1. The summed E-state index contributed by atoms with van der Waals surface area (Å²) in [4.78, 5) is 13.1. The van der Waals surface area contributed by atoms with E-state index in [1.54, 1.807) is 12.1 Å². The second-order valence-electron chi connectivity index (χ2n) is 4.71. The molecule has 2 aliphatic rings. The summed E-state index contributed by atoms with van der Waals surface area (Å²) in [5.74, 6) is -0.876. The first-order valence-electron chi connectivity index (χ1n) is 5.96. The molecule has 1 aromatic rings. The summed E-state index contributed by atoms with van der Waals surface area (Å²) in [6.45, 7) is 1.84. The van der Waals surface area contributed by atoms with E-state index in [1.165, 1.54) is 0 Å². The highest BCUT2D eigenvalue weighted by atomic mass is 16.5. The largest absolute Gasteiger partial charge is 0.478 e. The van der Waals surface area contributed by atoms with Gasteiger partial charge in [-0.05, 0) is 37.1 Å². The summed E-state index contributed by atoms with van der Waals surface area (Å²) < 4.78 is 5.78. The van der Waals surface area contributed by atoms with Crippen molar-refractivity contribution in [2.45, 2.75) is 25.0 Å². The molecule has 17 heavy (non-hydrogen) atoms. The molecule has 0 radical (unpaired) electrons. The van der Waals surface area contributed by atoms with Crippen LogP contribution in [0.15, 0.2) is 24.3 Å². The molecule has 2 atom stereocenters. The van der Waals surface area contributed by atoms with E-state index in [0.717, 1.165) is 31.6 Å². The number of hydrogen-bond acceptors (Lipinski definition) is 3. The van der Waals surface area contributed by atoms with Crippen LogP contribution >= 0.6 is 0 Å². The van der Waals surface area contributed by atoms with E-state index >= 15 is 0 Å². The van der Waals surface area contributed by atoms with Gasteiger partial charge < -0.3 is 14.7 Å². The summed E-state index contributed by atoms with van der Waals surface area (Å²) in [6, 6.07) is 7.09. The Morgan fingerprint density at radius 2 is 1.76 bits per heavy atom. The monoisotopic (exact) mass is 233 g/mol. The quantitative estimate of drug-likeness (QED) is 0.845. The number of nitrogens with zero attached hydrogens (tertiary/aromatic N) is 1. The molecule has 2 bridgehead atoms. The normalized spacial score (nSPS) is 27.2. The standard InChI is InChI=1S/C13H15NO3/c15-13(16)9-1-3-10(4-2-9)14-7-11-5-6-12(8-14)17-11/h1-4,11-12H,5-8H2,(H,15,16)/t11-,12+. The Balaban J connectivity index is 1.78. The first-order valence-corrected chi connectivity index (χ1v) is 5.96. The van der Waals surface area contributed by atoms with Crippen LogP contribution in [0.3, 0.4) is 0 Å². The zero-order chi connectivity index (χ0) is 11.8. The second kappa shape index (κ2) is 4.04. The molecule has 0 saturated carbocycles. The fourth-order valence-electron chi connectivity index (χ4n) is 2.64. The van der Waals surface area contributed by atoms with Crippen molar-refractivity contribution in [1.29, 1.82) is 0 Å². The topological polar surface area (TPSA) is 49.8 Å². The molecule has 4 nitrogen and oxygen atoms in total. The molecule has 2 heterocycles. The highest BCUT2D eigenvalue weighted by Gasteiger charge is 2.33. The van der Waals surface area contributed by atoms with Gasteiger partial charge >= 0.3 is 5.97 Å². The van der Waals surface area contributed by atoms with Crippen LogP contribution in [0.5, 0.6) is 0 Å². The maximum absolute atomic E-state index is 10.8. The second-order valence-corrected chi connectivity index (χ2v) is 4.71. The molecule has 2 saturated heterocycles. The fraction of sp³-hybridized carbons (Fsp3) is 0.462. The van der Waals surface area contributed by atoms with E-state index in [0.29, 0.717) is 17.8 Å². The minimum atomic E-state index is -0.876.